The highest BCUT2D eigenvalue weighted by molar-refractivity contribution is 7.15. The minimum absolute atomic E-state index is 0.257. The van der Waals surface area contributed by atoms with Crippen molar-refractivity contribution in [1.29, 1.82) is 0 Å². The first-order chi connectivity index (χ1) is 14.1. The number of carboxylic acids is 1. The molecule has 0 amide bonds. The largest absolute Gasteiger partial charge is 0.490 e. The molecule has 1 aromatic carbocycles. The Balaban J connectivity index is 0.000000318. The van der Waals surface area contributed by atoms with E-state index in [1.54, 1.807) is 11.3 Å². The van der Waals surface area contributed by atoms with Gasteiger partial charge in [0, 0.05) is 47.8 Å². The van der Waals surface area contributed by atoms with E-state index in [-0.39, 0.29) is 6.04 Å². The Morgan fingerprint density at radius 2 is 2.03 bits per heavy atom. The fraction of sp³-hybridized carbons (Fsp3) is 0.300. The van der Waals surface area contributed by atoms with Crippen molar-refractivity contribution in [1.82, 2.24) is 19.3 Å². The third kappa shape index (κ3) is 4.65. The lowest BCUT2D eigenvalue weighted by Gasteiger charge is -2.13. The van der Waals surface area contributed by atoms with E-state index in [0.717, 1.165) is 11.5 Å². The Bertz CT molecular complexity index is 1180. The number of aromatic nitrogens is 3. The summed E-state index contributed by atoms with van der Waals surface area (Å²) >= 11 is 1.67. The molecule has 160 valence electrons. The molecule has 4 aromatic rings. The number of hydrogen-bond donors (Lipinski definition) is 2. The molecule has 0 radical (unpaired) electrons. The third-order valence-electron chi connectivity index (χ3n) is 4.82. The number of nitrogens with zero attached hydrogens (tertiary/aromatic N) is 3. The predicted molar refractivity (Wildman–Crippen MR) is 110 cm³/mol. The highest BCUT2D eigenvalue weighted by atomic mass is 32.1. The zero-order valence-corrected chi connectivity index (χ0v) is 17.4. The molecule has 0 aliphatic carbocycles. The number of imidazole rings is 1. The summed E-state index contributed by atoms with van der Waals surface area (Å²) in [5, 5.41) is 14.1. The van der Waals surface area contributed by atoms with Gasteiger partial charge in [-0.1, -0.05) is 6.07 Å². The molecule has 4 rings (SSSR count). The van der Waals surface area contributed by atoms with Crippen LogP contribution in [0.15, 0.2) is 42.0 Å². The number of aliphatic carboxylic acids is 1. The van der Waals surface area contributed by atoms with Crippen molar-refractivity contribution in [2.24, 2.45) is 7.05 Å². The Labute approximate surface area is 174 Å². The summed E-state index contributed by atoms with van der Waals surface area (Å²) in [4.78, 5) is 14.4. The van der Waals surface area contributed by atoms with Gasteiger partial charge in [-0.3, -0.25) is 4.40 Å². The molecule has 0 saturated carbocycles. The number of carbonyl (C=O) groups is 1. The molecule has 0 aliphatic heterocycles. The van der Waals surface area contributed by atoms with Crippen LogP contribution in [0.1, 0.15) is 29.9 Å². The standard InChI is InChI=1S/C18H20N4S.C2HF3O2/c1-12-8-15-9-14(4-5-16(15)21(12)3)10-19-13(2)17-11-20-18-22(17)6-7-23-18;3-2(4,5)1(6)7/h4-9,11,13,19H,10H2,1-3H3;(H,6,7). The number of nitrogens with one attached hydrogen (secondary N) is 1. The molecule has 30 heavy (non-hydrogen) atoms. The average Bonchev–Trinajstić information content (AvgIpc) is 3.35. The van der Waals surface area contributed by atoms with Gasteiger partial charge >= 0.3 is 12.1 Å². The second kappa shape index (κ2) is 8.49. The maximum atomic E-state index is 10.6. The van der Waals surface area contributed by atoms with E-state index in [2.05, 4.69) is 76.0 Å². The zero-order valence-electron chi connectivity index (χ0n) is 16.6. The number of fused-ring (bicyclic) bond motifs is 2. The molecular formula is C20H21F3N4O2S. The van der Waals surface area contributed by atoms with Crippen LogP contribution in [-0.2, 0) is 18.4 Å². The number of thiazole rings is 1. The monoisotopic (exact) mass is 438 g/mol. The maximum absolute atomic E-state index is 10.6. The molecular weight excluding hydrogens is 417 g/mol. The van der Waals surface area contributed by atoms with Crippen molar-refractivity contribution >= 4 is 33.2 Å². The van der Waals surface area contributed by atoms with Gasteiger partial charge in [-0.15, -0.1) is 11.3 Å². The molecule has 10 heteroatoms. The highest BCUT2D eigenvalue weighted by Crippen LogP contribution is 2.21. The van der Waals surface area contributed by atoms with Gasteiger partial charge in [0.15, 0.2) is 4.96 Å². The van der Waals surface area contributed by atoms with Crippen molar-refractivity contribution in [2.75, 3.05) is 0 Å². The summed E-state index contributed by atoms with van der Waals surface area (Å²) < 4.78 is 36.1. The van der Waals surface area contributed by atoms with Crippen LogP contribution in [0, 0.1) is 6.92 Å². The van der Waals surface area contributed by atoms with Gasteiger partial charge in [-0.25, -0.2) is 9.78 Å². The number of hydrogen-bond acceptors (Lipinski definition) is 4. The minimum Gasteiger partial charge on any atom is -0.475 e. The van der Waals surface area contributed by atoms with Gasteiger partial charge < -0.3 is 15.0 Å². The summed E-state index contributed by atoms with van der Waals surface area (Å²) in [5.74, 6) is -2.76. The highest BCUT2D eigenvalue weighted by Gasteiger charge is 2.38. The van der Waals surface area contributed by atoms with E-state index in [4.69, 9.17) is 9.90 Å². The second-order valence-electron chi connectivity index (χ2n) is 6.88. The molecule has 3 aromatic heterocycles. The molecule has 0 spiro atoms. The minimum atomic E-state index is -5.08. The van der Waals surface area contributed by atoms with Crippen LogP contribution < -0.4 is 5.32 Å². The molecule has 0 bridgehead atoms. The summed E-state index contributed by atoms with van der Waals surface area (Å²) in [5.41, 5.74) is 5.09. The summed E-state index contributed by atoms with van der Waals surface area (Å²) in [6.45, 7) is 5.18. The van der Waals surface area contributed by atoms with Gasteiger partial charge in [0.2, 0.25) is 0 Å². The molecule has 3 heterocycles. The van der Waals surface area contributed by atoms with Crippen LogP contribution in [0.5, 0.6) is 0 Å². The molecule has 2 N–H and O–H groups in total. The van der Waals surface area contributed by atoms with Gasteiger partial charge in [0.05, 0.1) is 11.9 Å². The summed E-state index contributed by atoms with van der Waals surface area (Å²) in [7, 11) is 2.11. The van der Waals surface area contributed by atoms with Crippen molar-refractivity contribution in [2.45, 2.75) is 32.6 Å². The van der Waals surface area contributed by atoms with Crippen LogP contribution >= 0.6 is 11.3 Å². The number of halogens is 3. The maximum Gasteiger partial charge on any atom is 0.490 e. The van der Waals surface area contributed by atoms with E-state index in [1.165, 1.54) is 27.9 Å². The SMILES string of the molecule is Cc1cc2cc(CNC(C)c3cnc4sccn34)ccc2n1C.O=C(O)C(F)(F)F. The number of rotatable bonds is 4. The lowest BCUT2D eigenvalue weighted by atomic mass is 10.1. The van der Waals surface area contributed by atoms with Crippen molar-refractivity contribution in [3.05, 3.63) is 59.0 Å². The molecule has 1 atom stereocenters. The summed E-state index contributed by atoms with van der Waals surface area (Å²) in [6, 6.07) is 9.19. The van der Waals surface area contributed by atoms with Gasteiger partial charge in [0.1, 0.15) is 0 Å². The van der Waals surface area contributed by atoms with Gasteiger partial charge in [-0.05, 0) is 37.6 Å². The fourth-order valence-corrected chi connectivity index (χ4v) is 3.79. The van der Waals surface area contributed by atoms with E-state index < -0.39 is 12.1 Å². The molecule has 0 fully saturated rings. The lowest BCUT2D eigenvalue weighted by Crippen LogP contribution is -2.21. The topological polar surface area (TPSA) is 71.6 Å². The number of aryl methyl sites for hydroxylation is 2. The van der Waals surface area contributed by atoms with E-state index in [9.17, 15) is 13.2 Å². The zero-order chi connectivity index (χ0) is 22.1. The van der Waals surface area contributed by atoms with E-state index in [1.807, 2.05) is 6.20 Å². The Kier molecular flexibility index (Phi) is 6.18. The molecule has 6 nitrogen and oxygen atoms in total. The van der Waals surface area contributed by atoms with Crippen molar-refractivity contribution < 1.29 is 23.1 Å². The van der Waals surface area contributed by atoms with Crippen molar-refractivity contribution in [3.8, 4) is 0 Å². The Morgan fingerprint density at radius 3 is 2.70 bits per heavy atom. The quantitative estimate of drug-likeness (QED) is 0.485. The van der Waals surface area contributed by atoms with Crippen LogP contribution in [0.2, 0.25) is 0 Å². The van der Waals surface area contributed by atoms with Crippen molar-refractivity contribution in [3.63, 3.8) is 0 Å². The Hall–Kier alpha value is -2.85. The molecule has 1 unspecified atom stereocenters. The number of alkyl halides is 3. The van der Waals surface area contributed by atoms with E-state index in [0.29, 0.717) is 0 Å². The van der Waals surface area contributed by atoms with E-state index >= 15 is 0 Å². The Morgan fingerprint density at radius 1 is 1.33 bits per heavy atom. The van der Waals surface area contributed by atoms with Crippen LogP contribution in [0.25, 0.3) is 15.9 Å². The first kappa shape index (κ1) is 21.8. The van der Waals surface area contributed by atoms with Gasteiger partial charge in [-0.2, -0.15) is 13.2 Å². The van der Waals surface area contributed by atoms with Gasteiger partial charge in [0.25, 0.3) is 0 Å². The summed E-state index contributed by atoms with van der Waals surface area (Å²) in [6.07, 6.45) is -1.04. The number of carboxylic acid groups (broad SMARTS) is 1. The first-order valence-electron chi connectivity index (χ1n) is 9.07. The number of benzene rings is 1. The van der Waals surface area contributed by atoms with Crippen LogP contribution in [-0.4, -0.2) is 31.2 Å². The third-order valence-corrected chi connectivity index (χ3v) is 5.59. The van der Waals surface area contributed by atoms with Crippen LogP contribution in [0.3, 0.4) is 0 Å². The average molecular weight is 438 g/mol. The first-order valence-corrected chi connectivity index (χ1v) is 9.95. The smallest absolute Gasteiger partial charge is 0.475 e. The predicted octanol–water partition coefficient (Wildman–Crippen LogP) is 4.68. The van der Waals surface area contributed by atoms with Crippen LogP contribution in [0.4, 0.5) is 13.2 Å². The molecule has 0 saturated heterocycles. The second-order valence-corrected chi connectivity index (χ2v) is 7.76. The normalized spacial score (nSPS) is 12.7. The molecule has 0 aliphatic rings. The lowest BCUT2D eigenvalue weighted by molar-refractivity contribution is -0.192. The fourth-order valence-electron chi connectivity index (χ4n) is 3.09.